The lowest BCUT2D eigenvalue weighted by molar-refractivity contribution is -0.139. The molecule has 0 saturated heterocycles. The molecule has 0 fully saturated rings. The zero-order valence-corrected chi connectivity index (χ0v) is 16.2. The Morgan fingerprint density at radius 3 is 2.69 bits per heavy atom. The zero-order chi connectivity index (χ0) is 20.5. The van der Waals surface area contributed by atoms with E-state index in [4.69, 9.17) is 22.1 Å². The van der Waals surface area contributed by atoms with Crippen molar-refractivity contribution in [1.82, 2.24) is 0 Å². The number of halogens is 2. The van der Waals surface area contributed by atoms with Crippen molar-refractivity contribution >= 4 is 17.6 Å². The van der Waals surface area contributed by atoms with Crippen LogP contribution in [0, 0.1) is 5.82 Å². The molecule has 3 aromatic carbocycles. The second-order valence-corrected chi connectivity index (χ2v) is 7.57. The minimum absolute atomic E-state index is 0.293. The van der Waals surface area contributed by atoms with E-state index in [1.54, 1.807) is 18.2 Å². The van der Waals surface area contributed by atoms with Crippen LogP contribution in [-0.4, -0.2) is 17.1 Å². The summed E-state index contributed by atoms with van der Waals surface area (Å²) >= 11 is 6.00. The number of rotatable bonds is 4. The summed E-state index contributed by atoms with van der Waals surface area (Å²) in [5, 5.41) is 9.91. The summed E-state index contributed by atoms with van der Waals surface area (Å²) in [4.78, 5) is 11.7. The summed E-state index contributed by atoms with van der Waals surface area (Å²) in [7, 11) is 0. The fourth-order valence-electron chi connectivity index (χ4n) is 3.82. The topological polar surface area (TPSA) is 72.5 Å². The van der Waals surface area contributed by atoms with Gasteiger partial charge in [0.15, 0.2) is 0 Å². The minimum atomic E-state index is -0.939. The lowest BCUT2D eigenvalue weighted by atomic mass is 9.79. The quantitative estimate of drug-likeness (QED) is 0.604. The van der Waals surface area contributed by atoms with E-state index in [1.807, 2.05) is 30.3 Å². The van der Waals surface area contributed by atoms with E-state index in [0.29, 0.717) is 39.6 Å². The van der Waals surface area contributed by atoms with Crippen LogP contribution < -0.4 is 10.5 Å². The summed E-state index contributed by atoms with van der Waals surface area (Å²) in [5.74, 6) is -1.13. The van der Waals surface area contributed by atoms with Gasteiger partial charge in [-0.15, -0.1) is 0 Å². The van der Waals surface area contributed by atoms with Crippen molar-refractivity contribution in [2.45, 2.75) is 24.8 Å². The first-order chi connectivity index (χ1) is 13.9. The van der Waals surface area contributed by atoms with E-state index in [9.17, 15) is 14.3 Å². The second kappa shape index (κ2) is 7.85. The van der Waals surface area contributed by atoms with Crippen LogP contribution in [0.1, 0.15) is 23.5 Å². The van der Waals surface area contributed by atoms with Crippen LogP contribution in [0.4, 0.5) is 4.39 Å². The lowest BCUT2D eigenvalue weighted by Gasteiger charge is -2.28. The molecule has 4 nitrogen and oxygen atoms in total. The third kappa shape index (κ3) is 3.97. The number of carboxylic acid groups (broad SMARTS) is 1. The largest absolute Gasteiger partial charge is 0.481 e. The molecule has 0 amide bonds. The number of ether oxygens (including phenoxy) is 1. The molecule has 4 rings (SSSR count). The highest BCUT2D eigenvalue weighted by molar-refractivity contribution is 6.30. The molecule has 29 heavy (non-hydrogen) atoms. The Kier molecular flexibility index (Phi) is 5.26. The Balaban J connectivity index is 1.72. The Bertz CT molecular complexity index is 1070. The monoisotopic (exact) mass is 411 g/mol. The number of aliphatic carboxylic acids is 1. The zero-order valence-electron chi connectivity index (χ0n) is 15.4. The molecule has 6 heteroatoms. The van der Waals surface area contributed by atoms with Gasteiger partial charge in [0.2, 0.25) is 0 Å². The molecule has 0 spiro atoms. The molecule has 0 bridgehead atoms. The van der Waals surface area contributed by atoms with E-state index in [1.165, 1.54) is 12.1 Å². The van der Waals surface area contributed by atoms with Gasteiger partial charge in [-0.2, -0.15) is 0 Å². The van der Waals surface area contributed by atoms with E-state index in [-0.39, 0.29) is 0 Å². The van der Waals surface area contributed by atoms with Gasteiger partial charge in [0.1, 0.15) is 17.3 Å². The highest BCUT2D eigenvalue weighted by Gasteiger charge is 2.33. The van der Waals surface area contributed by atoms with Gasteiger partial charge in [-0.1, -0.05) is 35.9 Å². The Hall–Kier alpha value is -2.89. The average Bonchev–Trinajstić information content (AvgIpc) is 2.67. The van der Waals surface area contributed by atoms with Crippen molar-refractivity contribution in [3.05, 3.63) is 82.6 Å². The number of hydrogen-bond acceptors (Lipinski definition) is 3. The summed E-state index contributed by atoms with van der Waals surface area (Å²) in [6.07, 6.45) is 1.37. The SMILES string of the molecule is NC1CCc2ccc(Oc3ccccc3-c3cc(F)cc(Cl)c3)cc2C1C(=O)O. The molecule has 0 radical (unpaired) electrons. The van der Waals surface area contributed by atoms with Gasteiger partial charge in [0.05, 0.1) is 5.92 Å². The van der Waals surface area contributed by atoms with Gasteiger partial charge in [-0.05, 0) is 65.9 Å². The summed E-state index contributed by atoms with van der Waals surface area (Å²) in [5.41, 5.74) is 8.98. The van der Waals surface area contributed by atoms with Crippen molar-refractivity contribution in [3.63, 3.8) is 0 Å². The molecule has 0 aromatic heterocycles. The number of fused-ring (bicyclic) bond motifs is 1. The van der Waals surface area contributed by atoms with Gasteiger partial charge in [-0.3, -0.25) is 4.79 Å². The van der Waals surface area contributed by atoms with Crippen molar-refractivity contribution in [1.29, 1.82) is 0 Å². The molecule has 1 aliphatic carbocycles. The highest BCUT2D eigenvalue weighted by atomic mass is 35.5. The van der Waals surface area contributed by atoms with Gasteiger partial charge in [0.25, 0.3) is 0 Å². The van der Waals surface area contributed by atoms with Crippen LogP contribution >= 0.6 is 11.6 Å². The molecule has 148 valence electrons. The number of para-hydroxylation sites is 1. The van der Waals surface area contributed by atoms with Crippen LogP contribution in [0.25, 0.3) is 11.1 Å². The average molecular weight is 412 g/mol. The number of carbonyl (C=O) groups is 1. The van der Waals surface area contributed by atoms with Crippen LogP contribution in [0.15, 0.2) is 60.7 Å². The Labute approximate surface area is 172 Å². The number of nitrogens with two attached hydrogens (primary N) is 1. The van der Waals surface area contributed by atoms with E-state index >= 15 is 0 Å². The van der Waals surface area contributed by atoms with E-state index in [2.05, 4.69) is 0 Å². The first kappa shape index (κ1) is 19.4. The minimum Gasteiger partial charge on any atom is -0.481 e. The lowest BCUT2D eigenvalue weighted by Crippen LogP contribution is -2.37. The van der Waals surface area contributed by atoms with E-state index in [0.717, 1.165) is 12.0 Å². The number of aryl methyl sites for hydroxylation is 1. The summed E-state index contributed by atoms with van der Waals surface area (Å²) in [6, 6.07) is 16.5. The maximum absolute atomic E-state index is 13.8. The number of benzene rings is 3. The molecule has 0 heterocycles. The normalized spacial score (nSPS) is 18.2. The van der Waals surface area contributed by atoms with Crippen molar-refractivity contribution in [3.8, 4) is 22.6 Å². The van der Waals surface area contributed by atoms with Gasteiger partial charge in [-0.25, -0.2) is 4.39 Å². The van der Waals surface area contributed by atoms with Crippen molar-refractivity contribution < 1.29 is 19.0 Å². The van der Waals surface area contributed by atoms with Crippen LogP contribution in [0.2, 0.25) is 5.02 Å². The highest BCUT2D eigenvalue weighted by Crippen LogP contribution is 2.38. The summed E-state index contributed by atoms with van der Waals surface area (Å²) in [6.45, 7) is 0. The maximum Gasteiger partial charge on any atom is 0.312 e. The van der Waals surface area contributed by atoms with Gasteiger partial charge in [0, 0.05) is 16.6 Å². The van der Waals surface area contributed by atoms with Crippen molar-refractivity contribution in [2.75, 3.05) is 0 Å². The second-order valence-electron chi connectivity index (χ2n) is 7.14. The third-order valence-corrected chi connectivity index (χ3v) is 5.40. The molecular formula is C23H19ClFNO3. The van der Waals surface area contributed by atoms with Gasteiger partial charge >= 0.3 is 5.97 Å². The molecule has 3 aromatic rings. The van der Waals surface area contributed by atoms with Crippen LogP contribution in [0.5, 0.6) is 11.5 Å². The number of carboxylic acids is 1. The van der Waals surface area contributed by atoms with E-state index < -0.39 is 23.7 Å². The summed E-state index contributed by atoms with van der Waals surface area (Å²) < 4.78 is 19.9. The maximum atomic E-state index is 13.8. The molecule has 2 unspecified atom stereocenters. The fraction of sp³-hybridized carbons (Fsp3) is 0.174. The molecule has 0 aliphatic heterocycles. The standard InChI is InChI=1S/C23H19ClFNO3/c24-15-9-14(10-16(25)11-15)18-3-1-2-4-21(18)29-17-7-5-13-6-8-20(26)22(23(27)28)19(13)12-17/h1-5,7,9-12,20,22H,6,8,26H2,(H,27,28). The molecular weight excluding hydrogens is 393 g/mol. The first-order valence-electron chi connectivity index (χ1n) is 9.27. The molecule has 2 atom stereocenters. The molecule has 0 saturated carbocycles. The Morgan fingerprint density at radius 1 is 1.14 bits per heavy atom. The van der Waals surface area contributed by atoms with Crippen molar-refractivity contribution in [2.24, 2.45) is 5.73 Å². The third-order valence-electron chi connectivity index (χ3n) is 5.18. The number of hydrogen-bond donors (Lipinski definition) is 2. The van der Waals surface area contributed by atoms with Crippen LogP contribution in [0.3, 0.4) is 0 Å². The molecule has 3 N–H and O–H groups in total. The fourth-order valence-corrected chi connectivity index (χ4v) is 4.04. The predicted molar refractivity (Wildman–Crippen MR) is 110 cm³/mol. The smallest absolute Gasteiger partial charge is 0.312 e. The molecule has 1 aliphatic rings. The van der Waals surface area contributed by atoms with Gasteiger partial charge < -0.3 is 15.6 Å². The Morgan fingerprint density at radius 2 is 1.93 bits per heavy atom. The van der Waals surface area contributed by atoms with Crippen LogP contribution in [-0.2, 0) is 11.2 Å². The first-order valence-corrected chi connectivity index (χ1v) is 9.65. The predicted octanol–water partition coefficient (Wildman–Crippen LogP) is 5.38.